The van der Waals surface area contributed by atoms with E-state index < -0.39 is 5.60 Å². The van der Waals surface area contributed by atoms with Gasteiger partial charge in [0.25, 0.3) is 5.91 Å². The zero-order valence-electron chi connectivity index (χ0n) is 10.3. The summed E-state index contributed by atoms with van der Waals surface area (Å²) in [4.78, 5) is 11.9. The minimum Gasteiger partial charge on any atom is -0.497 e. The van der Waals surface area contributed by atoms with Crippen LogP contribution in [-0.4, -0.2) is 25.7 Å². The number of hydrogen-bond donors (Lipinski definition) is 1. The number of ether oxygens (including phenoxy) is 2. The maximum Gasteiger partial charge on any atom is 0.256 e. The molecule has 0 heterocycles. The van der Waals surface area contributed by atoms with Crippen LogP contribution in [0.15, 0.2) is 22.7 Å². The molecule has 1 aromatic rings. The number of benzene rings is 1. The van der Waals surface area contributed by atoms with Gasteiger partial charge in [-0.15, -0.1) is 0 Å². The summed E-state index contributed by atoms with van der Waals surface area (Å²) in [5.41, 5.74) is -0.207. The van der Waals surface area contributed by atoms with Gasteiger partial charge < -0.3 is 14.8 Å². The van der Waals surface area contributed by atoms with E-state index in [0.717, 1.165) is 4.47 Å². The molecule has 0 aliphatic rings. The zero-order valence-corrected chi connectivity index (χ0v) is 11.9. The van der Waals surface area contributed by atoms with Crippen molar-refractivity contribution in [3.05, 3.63) is 22.7 Å². The minimum atomic E-state index is -0.866. The van der Waals surface area contributed by atoms with Gasteiger partial charge in [0.05, 0.1) is 7.11 Å². The van der Waals surface area contributed by atoms with Gasteiger partial charge >= 0.3 is 0 Å². The first kappa shape index (κ1) is 14.0. The molecule has 0 spiro atoms. The molecule has 1 aromatic carbocycles. The Morgan fingerprint density at radius 3 is 2.47 bits per heavy atom. The number of methoxy groups -OCH3 is 2. The normalized spacial score (nSPS) is 11.1. The van der Waals surface area contributed by atoms with E-state index in [1.54, 1.807) is 33.1 Å². The number of amides is 1. The molecule has 0 radical (unpaired) electrons. The molecule has 0 unspecified atom stereocenters. The quantitative estimate of drug-likeness (QED) is 0.930. The van der Waals surface area contributed by atoms with Crippen molar-refractivity contribution in [1.29, 1.82) is 0 Å². The highest BCUT2D eigenvalue weighted by Gasteiger charge is 2.27. The molecule has 0 aromatic heterocycles. The fourth-order valence-corrected chi connectivity index (χ4v) is 1.60. The number of carbonyl (C=O) groups is 1. The van der Waals surface area contributed by atoms with Gasteiger partial charge in [-0.25, -0.2) is 0 Å². The Morgan fingerprint density at radius 1 is 1.29 bits per heavy atom. The minimum absolute atomic E-state index is 0.208. The van der Waals surface area contributed by atoms with Crippen LogP contribution in [0.3, 0.4) is 0 Å². The largest absolute Gasteiger partial charge is 0.497 e. The van der Waals surface area contributed by atoms with E-state index in [4.69, 9.17) is 9.47 Å². The van der Waals surface area contributed by atoms with Gasteiger partial charge in [0.15, 0.2) is 0 Å². The molecular weight excluding hydrogens is 286 g/mol. The van der Waals surface area contributed by atoms with E-state index in [9.17, 15) is 4.79 Å². The fourth-order valence-electron chi connectivity index (χ4n) is 1.13. The number of halogens is 1. The van der Waals surface area contributed by atoms with Crippen molar-refractivity contribution in [3.63, 3.8) is 0 Å². The van der Waals surface area contributed by atoms with Crippen LogP contribution in [0.1, 0.15) is 13.8 Å². The topological polar surface area (TPSA) is 47.6 Å². The van der Waals surface area contributed by atoms with E-state index in [-0.39, 0.29) is 5.91 Å². The predicted octanol–water partition coefficient (Wildman–Crippen LogP) is 2.82. The molecule has 17 heavy (non-hydrogen) atoms. The van der Waals surface area contributed by atoms with Gasteiger partial charge in [-0.3, -0.25) is 4.79 Å². The highest BCUT2D eigenvalue weighted by Crippen LogP contribution is 2.25. The number of hydrogen-bond acceptors (Lipinski definition) is 3. The summed E-state index contributed by atoms with van der Waals surface area (Å²) in [6.07, 6.45) is 0. The Labute approximate surface area is 109 Å². The maximum absolute atomic E-state index is 11.9. The summed E-state index contributed by atoms with van der Waals surface area (Å²) in [6, 6.07) is 5.36. The lowest BCUT2D eigenvalue weighted by molar-refractivity contribution is -0.133. The van der Waals surface area contributed by atoms with Crippen LogP contribution >= 0.6 is 15.9 Å². The van der Waals surface area contributed by atoms with Gasteiger partial charge in [-0.1, -0.05) is 15.9 Å². The molecule has 0 saturated heterocycles. The highest BCUT2D eigenvalue weighted by molar-refractivity contribution is 9.10. The third kappa shape index (κ3) is 3.71. The van der Waals surface area contributed by atoms with Gasteiger partial charge in [0.2, 0.25) is 0 Å². The molecule has 5 heteroatoms. The SMILES string of the molecule is COc1cc(Br)cc(NC(=O)C(C)(C)OC)c1. The molecular formula is C12H16BrNO3. The fraction of sp³-hybridized carbons (Fsp3) is 0.417. The number of anilines is 1. The molecule has 94 valence electrons. The first-order valence-electron chi connectivity index (χ1n) is 5.10. The first-order valence-corrected chi connectivity index (χ1v) is 5.89. The Hall–Kier alpha value is -1.07. The third-order valence-corrected chi connectivity index (χ3v) is 2.88. The second kappa shape index (κ2) is 5.51. The Morgan fingerprint density at radius 2 is 1.94 bits per heavy atom. The highest BCUT2D eigenvalue weighted by atomic mass is 79.9. The van der Waals surface area contributed by atoms with Crippen LogP contribution in [-0.2, 0) is 9.53 Å². The van der Waals surface area contributed by atoms with Crippen LogP contribution in [0.2, 0.25) is 0 Å². The first-order chi connectivity index (χ1) is 7.89. The summed E-state index contributed by atoms with van der Waals surface area (Å²) >= 11 is 3.35. The molecule has 0 aliphatic carbocycles. The van der Waals surface area contributed by atoms with Crippen molar-refractivity contribution >= 4 is 27.5 Å². The van der Waals surface area contributed by atoms with Crippen LogP contribution in [0.25, 0.3) is 0 Å². The smallest absolute Gasteiger partial charge is 0.256 e. The molecule has 1 N–H and O–H groups in total. The van der Waals surface area contributed by atoms with Crippen molar-refractivity contribution in [2.45, 2.75) is 19.4 Å². The van der Waals surface area contributed by atoms with Crippen LogP contribution < -0.4 is 10.1 Å². The Bertz CT molecular complexity index is 418. The summed E-state index contributed by atoms with van der Waals surface area (Å²) in [5.74, 6) is 0.463. The monoisotopic (exact) mass is 301 g/mol. The van der Waals surface area contributed by atoms with Crippen molar-refractivity contribution in [2.24, 2.45) is 0 Å². The van der Waals surface area contributed by atoms with E-state index in [1.165, 1.54) is 7.11 Å². The van der Waals surface area contributed by atoms with Crippen LogP contribution in [0.4, 0.5) is 5.69 Å². The van der Waals surface area contributed by atoms with E-state index >= 15 is 0 Å². The van der Waals surface area contributed by atoms with Gasteiger partial charge in [-0.05, 0) is 26.0 Å². The Balaban J connectivity index is 2.88. The van der Waals surface area contributed by atoms with E-state index in [0.29, 0.717) is 11.4 Å². The number of rotatable bonds is 4. The van der Waals surface area contributed by atoms with Crippen molar-refractivity contribution < 1.29 is 14.3 Å². The average molecular weight is 302 g/mol. The lowest BCUT2D eigenvalue weighted by Crippen LogP contribution is -2.38. The van der Waals surface area contributed by atoms with E-state index in [2.05, 4.69) is 21.2 Å². The second-order valence-corrected chi connectivity index (χ2v) is 4.96. The Kier molecular flexibility index (Phi) is 4.54. The van der Waals surface area contributed by atoms with Crippen molar-refractivity contribution in [2.75, 3.05) is 19.5 Å². The van der Waals surface area contributed by atoms with Gasteiger partial charge in [0.1, 0.15) is 11.4 Å². The molecule has 1 amide bonds. The second-order valence-electron chi connectivity index (χ2n) is 4.05. The summed E-state index contributed by atoms with van der Waals surface area (Å²) in [5, 5.41) is 2.77. The van der Waals surface area contributed by atoms with Crippen molar-refractivity contribution in [1.82, 2.24) is 0 Å². The molecule has 0 atom stereocenters. The van der Waals surface area contributed by atoms with Crippen LogP contribution in [0.5, 0.6) is 5.75 Å². The van der Waals surface area contributed by atoms with Crippen LogP contribution in [0, 0.1) is 0 Å². The average Bonchev–Trinajstić information content (AvgIpc) is 2.28. The lowest BCUT2D eigenvalue weighted by atomic mass is 10.1. The number of nitrogens with one attached hydrogen (secondary N) is 1. The summed E-state index contributed by atoms with van der Waals surface area (Å²) in [7, 11) is 3.08. The predicted molar refractivity (Wildman–Crippen MR) is 70.4 cm³/mol. The molecule has 0 saturated carbocycles. The number of carbonyl (C=O) groups excluding carboxylic acids is 1. The lowest BCUT2D eigenvalue weighted by Gasteiger charge is -2.21. The summed E-state index contributed by atoms with van der Waals surface area (Å²) in [6.45, 7) is 3.41. The third-order valence-electron chi connectivity index (χ3n) is 2.42. The standard InChI is InChI=1S/C12H16BrNO3/c1-12(2,17-4)11(15)14-9-5-8(13)6-10(7-9)16-3/h5-7H,1-4H3,(H,14,15). The van der Waals surface area contributed by atoms with Gasteiger partial charge in [-0.2, -0.15) is 0 Å². The van der Waals surface area contributed by atoms with E-state index in [1.807, 2.05) is 6.07 Å². The maximum atomic E-state index is 11.9. The molecule has 4 nitrogen and oxygen atoms in total. The zero-order chi connectivity index (χ0) is 13.1. The molecule has 0 aliphatic heterocycles. The molecule has 1 rings (SSSR count). The van der Waals surface area contributed by atoms with Crippen molar-refractivity contribution in [3.8, 4) is 5.75 Å². The molecule has 0 fully saturated rings. The van der Waals surface area contributed by atoms with Gasteiger partial charge in [0, 0.05) is 23.3 Å². The molecule has 0 bridgehead atoms. The summed E-state index contributed by atoms with van der Waals surface area (Å²) < 4.78 is 11.1.